The molecule has 0 spiro atoms. The molecule has 3 N–H and O–H groups in total. The topological polar surface area (TPSA) is 67.6 Å². The van der Waals surface area contributed by atoms with Gasteiger partial charge in [-0.05, 0) is 6.92 Å². The summed E-state index contributed by atoms with van der Waals surface area (Å²) < 4.78 is 0. The number of hydrogen-bond acceptors (Lipinski definition) is 4. The maximum Gasteiger partial charge on any atom is 0.183 e. The second-order valence-electron chi connectivity index (χ2n) is 2.08. The van der Waals surface area contributed by atoms with Crippen molar-refractivity contribution in [2.75, 3.05) is 5.75 Å². The van der Waals surface area contributed by atoms with Crippen LogP contribution >= 0.6 is 11.8 Å². The number of aromatic nitrogens is 3. The zero-order valence-corrected chi connectivity index (χ0v) is 6.56. The Balaban J connectivity index is 2.28. The lowest BCUT2D eigenvalue weighted by atomic mass is 10.4. The SMILES string of the molecule is C[C@H](N)CSc1ncn[nH]1. The molecule has 1 aromatic rings. The summed E-state index contributed by atoms with van der Waals surface area (Å²) in [7, 11) is 0. The fourth-order valence-corrected chi connectivity index (χ4v) is 1.13. The number of rotatable bonds is 3. The first-order chi connectivity index (χ1) is 4.79. The first-order valence-electron chi connectivity index (χ1n) is 3.03. The molecule has 0 saturated heterocycles. The average Bonchev–Trinajstić information content (AvgIpc) is 2.34. The van der Waals surface area contributed by atoms with Crippen LogP contribution in [-0.4, -0.2) is 27.0 Å². The predicted molar refractivity (Wildman–Crippen MR) is 40.8 cm³/mol. The molecule has 4 nitrogen and oxygen atoms in total. The van der Waals surface area contributed by atoms with Gasteiger partial charge < -0.3 is 5.73 Å². The molecule has 56 valence electrons. The average molecular weight is 158 g/mol. The maximum absolute atomic E-state index is 5.53. The van der Waals surface area contributed by atoms with Crippen LogP contribution in [0.15, 0.2) is 11.5 Å². The zero-order valence-electron chi connectivity index (χ0n) is 5.74. The number of thioether (sulfide) groups is 1. The van der Waals surface area contributed by atoms with Gasteiger partial charge in [0.15, 0.2) is 5.16 Å². The van der Waals surface area contributed by atoms with Gasteiger partial charge in [-0.25, -0.2) is 4.98 Å². The number of nitrogens with zero attached hydrogens (tertiary/aromatic N) is 2. The van der Waals surface area contributed by atoms with Gasteiger partial charge in [-0.1, -0.05) is 11.8 Å². The Morgan fingerprint density at radius 2 is 2.70 bits per heavy atom. The van der Waals surface area contributed by atoms with Gasteiger partial charge in [-0.15, -0.1) is 0 Å². The van der Waals surface area contributed by atoms with E-state index in [2.05, 4.69) is 15.2 Å². The number of nitrogens with two attached hydrogens (primary N) is 1. The lowest BCUT2D eigenvalue weighted by Gasteiger charge is -1.99. The van der Waals surface area contributed by atoms with Crippen molar-refractivity contribution < 1.29 is 0 Å². The molecule has 5 heteroatoms. The minimum Gasteiger partial charge on any atom is -0.327 e. The Bertz CT molecular complexity index is 172. The fraction of sp³-hybridized carbons (Fsp3) is 0.600. The van der Waals surface area contributed by atoms with E-state index in [1.165, 1.54) is 6.33 Å². The van der Waals surface area contributed by atoms with Crippen LogP contribution in [0, 0.1) is 0 Å². The molecule has 1 rings (SSSR count). The largest absolute Gasteiger partial charge is 0.327 e. The quantitative estimate of drug-likeness (QED) is 0.618. The van der Waals surface area contributed by atoms with Crippen molar-refractivity contribution in [3.05, 3.63) is 6.33 Å². The summed E-state index contributed by atoms with van der Waals surface area (Å²) in [6.45, 7) is 1.96. The van der Waals surface area contributed by atoms with Crippen LogP contribution in [-0.2, 0) is 0 Å². The Labute approximate surface area is 63.6 Å². The van der Waals surface area contributed by atoms with Gasteiger partial charge in [0.25, 0.3) is 0 Å². The van der Waals surface area contributed by atoms with Gasteiger partial charge in [-0.3, -0.25) is 5.10 Å². The molecule has 1 atom stereocenters. The first-order valence-corrected chi connectivity index (χ1v) is 4.01. The van der Waals surface area contributed by atoms with E-state index < -0.39 is 0 Å². The van der Waals surface area contributed by atoms with E-state index >= 15 is 0 Å². The van der Waals surface area contributed by atoms with E-state index in [9.17, 15) is 0 Å². The highest BCUT2D eigenvalue weighted by Crippen LogP contribution is 2.10. The highest BCUT2D eigenvalue weighted by Gasteiger charge is 1.98. The van der Waals surface area contributed by atoms with Crippen molar-refractivity contribution in [2.24, 2.45) is 5.73 Å². The van der Waals surface area contributed by atoms with Gasteiger partial charge in [0.1, 0.15) is 6.33 Å². The molecule has 0 bridgehead atoms. The lowest BCUT2D eigenvalue weighted by molar-refractivity contribution is 0.842. The molecule has 0 unspecified atom stereocenters. The van der Waals surface area contributed by atoms with Crippen molar-refractivity contribution in [1.82, 2.24) is 15.2 Å². The van der Waals surface area contributed by atoms with Crippen molar-refractivity contribution in [3.8, 4) is 0 Å². The Hall–Kier alpha value is -0.550. The van der Waals surface area contributed by atoms with Gasteiger partial charge in [0.2, 0.25) is 0 Å². The summed E-state index contributed by atoms with van der Waals surface area (Å²) in [6.07, 6.45) is 1.49. The van der Waals surface area contributed by atoms with E-state index in [-0.39, 0.29) is 6.04 Å². The van der Waals surface area contributed by atoms with Crippen molar-refractivity contribution in [2.45, 2.75) is 18.1 Å². The number of hydrogen-bond donors (Lipinski definition) is 2. The summed E-state index contributed by atoms with van der Waals surface area (Å²) >= 11 is 1.58. The Morgan fingerprint density at radius 3 is 3.20 bits per heavy atom. The highest BCUT2D eigenvalue weighted by atomic mass is 32.2. The fourth-order valence-electron chi connectivity index (χ4n) is 0.474. The third-order valence-corrected chi connectivity index (χ3v) is 2.04. The third-order valence-electron chi connectivity index (χ3n) is 0.876. The van der Waals surface area contributed by atoms with Gasteiger partial charge in [-0.2, -0.15) is 5.10 Å². The molecule has 10 heavy (non-hydrogen) atoms. The molecule has 0 aromatic carbocycles. The van der Waals surface area contributed by atoms with Crippen LogP contribution in [0.25, 0.3) is 0 Å². The molecule has 1 aromatic heterocycles. The first kappa shape index (κ1) is 7.56. The molecule has 0 aliphatic heterocycles. The lowest BCUT2D eigenvalue weighted by Crippen LogP contribution is -2.17. The highest BCUT2D eigenvalue weighted by molar-refractivity contribution is 7.99. The molecule has 0 saturated carbocycles. The molecule has 0 aliphatic rings. The summed E-state index contributed by atoms with van der Waals surface area (Å²) in [5.41, 5.74) is 5.53. The van der Waals surface area contributed by atoms with Crippen molar-refractivity contribution in [3.63, 3.8) is 0 Å². The second-order valence-corrected chi connectivity index (χ2v) is 3.09. The normalized spacial score (nSPS) is 13.4. The van der Waals surface area contributed by atoms with Crippen LogP contribution in [0.2, 0.25) is 0 Å². The van der Waals surface area contributed by atoms with E-state index in [0.717, 1.165) is 10.9 Å². The predicted octanol–water partition coefficient (Wildman–Crippen LogP) is 0.244. The molecular weight excluding hydrogens is 148 g/mol. The van der Waals surface area contributed by atoms with Gasteiger partial charge in [0.05, 0.1) is 0 Å². The zero-order chi connectivity index (χ0) is 7.40. The number of aromatic amines is 1. The summed E-state index contributed by atoms with van der Waals surface area (Å²) in [6, 6.07) is 0.204. The van der Waals surface area contributed by atoms with E-state index in [1.54, 1.807) is 11.8 Å². The minimum atomic E-state index is 0.204. The molecule has 1 heterocycles. The van der Waals surface area contributed by atoms with Gasteiger partial charge >= 0.3 is 0 Å². The smallest absolute Gasteiger partial charge is 0.183 e. The van der Waals surface area contributed by atoms with Crippen LogP contribution < -0.4 is 5.73 Å². The van der Waals surface area contributed by atoms with E-state index in [4.69, 9.17) is 5.73 Å². The van der Waals surface area contributed by atoms with Crippen LogP contribution in [0.3, 0.4) is 0 Å². The maximum atomic E-state index is 5.53. The molecular formula is C5H10N4S. The molecule has 0 fully saturated rings. The molecule has 0 aliphatic carbocycles. The summed E-state index contributed by atoms with van der Waals surface area (Å²) in [5, 5.41) is 7.27. The number of nitrogens with one attached hydrogen (secondary N) is 1. The third kappa shape index (κ3) is 2.36. The Kier molecular flexibility index (Phi) is 2.70. The monoisotopic (exact) mass is 158 g/mol. The second kappa shape index (κ2) is 3.58. The van der Waals surface area contributed by atoms with Gasteiger partial charge in [0, 0.05) is 11.8 Å². The Morgan fingerprint density at radius 1 is 1.90 bits per heavy atom. The van der Waals surface area contributed by atoms with E-state index in [0.29, 0.717) is 0 Å². The van der Waals surface area contributed by atoms with Crippen LogP contribution in [0.5, 0.6) is 0 Å². The van der Waals surface area contributed by atoms with Crippen LogP contribution in [0.1, 0.15) is 6.92 Å². The van der Waals surface area contributed by atoms with Crippen molar-refractivity contribution in [1.29, 1.82) is 0 Å². The molecule has 0 radical (unpaired) electrons. The van der Waals surface area contributed by atoms with Crippen LogP contribution in [0.4, 0.5) is 0 Å². The summed E-state index contributed by atoms with van der Waals surface area (Å²) in [4.78, 5) is 3.93. The summed E-state index contributed by atoms with van der Waals surface area (Å²) in [5.74, 6) is 0.870. The van der Waals surface area contributed by atoms with E-state index in [1.807, 2.05) is 6.92 Å². The molecule has 0 amide bonds. The number of H-pyrrole nitrogens is 1. The van der Waals surface area contributed by atoms with Crippen molar-refractivity contribution >= 4 is 11.8 Å². The standard InChI is InChI=1S/C5H10N4S/c1-4(6)2-10-5-7-3-8-9-5/h3-4H,2,6H2,1H3,(H,7,8,9)/t4-/m0/s1. The minimum absolute atomic E-state index is 0.204.